The first-order valence-corrected chi connectivity index (χ1v) is 8.18. The van der Waals surface area contributed by atoms with Gasteiger partial charge in [-0.3, -0.25) is 0 Å². The molecule has 0 aliphatic rings. The number of anilines is 3. The van der Waals surface area contributed by atoms with Gasteiger partial charge < -0.3 is 11.1 Å². The lowest BCUT2D eigenvalue weighted by atomic mass is 10.1. The third-order valence-electron chi connectivity index (χ3n) is 3.43. The van der Waals surface area contributed by atoms with Gasteiger partial charge in [-0.05, 0) is 42.3 Å². The van der Waals surface area contributed by atoms with Crippen molar-refractivity contribution >= 4 is 17.3 Å². The molecule has 0 aliphatic heterocycles. The fraction of sp³-hybridized carbons (Fsp3) is 0.211. The second-order valence-corrected chi connectivity index (χ2v) is 5.19. The summed E-state index contributed by atoms with van der Waals surface area (Å²) in [6.07, 6.45) is -0.357. The number of aromatic nitrogens is 3. The summed E-state index contributed by atoms with van der Waals surface area (Å²) < 4.78 is 13.7. The maximum absolute atomic E-state index is 13.7. The zero-order valence-electron chi connectivity index (χ0n) is 14.6. The number of rotatable bonds is 4. The molecule has 130 valence electrons. The molecule has 3 N–H and O–H groups in total. The lowest BCUT2D eigenvalue weighted by Gasteiger charge is -2.08. The molecule has 0 aliphatic carbocycles. The van der Waals surface area contributed by atoms with Crippen LogP contribution in [0.1, 0.15) is 30.8 Å². The average Bonchev–Trinajstić information content (AvgIpc) is 2.60. The number of nitrogen functional groups attached to an aromatic ring is 1. The van der Waals surface area contributed by atoms with Crippen LogP contribution in [0.4, 0.5) is 21.7 Å². The Balaban J connectivity index is 0.00000109. The summed E-state index contributed by atoms with van der Waals surface area (Å²) in [6, 6.07) is 14.9. The van der Waals surface area contributed by atoms with Crippen molar-refractivity contribution in [1.82, 2.24) is 15.0 Å². The lowest BCUT2D eigenvalue weighted by Crippen LogP contribution is -2.07. The summed E-state index contributed by atoms with van der Waals surface area (Å²) >= 11 is 0. The molecule has 25 heavy (non-hydrogen) atoms. The van der Waals surface area contributed by atoms with E-state index in [2.05, 4.69) is 20.3 Å². The van der Waals surface area contributed by atoms with Gasteiger partial charge in [-0.15, -0.1) is 0 Å². The Bertz CT molecular complexity index is 818. The molecule has 6 heteroatoms. The van der Waals surface area contributed by atoms with Crippen molar-refractivity contribution in [2.45, 2.75) is 27.2 Å². The van der Waals surface area contributed by atoms with E-state index < -0.39 is 6.08 Å². The number of nitrogens with zero attached hydrogens (tertiary/aromatic N) is 3. The standard InChI is InChI=1S/C17H16FN5.C2H6/c1-11-4-2-3-5-12(11)10-15-21-16(18)23-17(22-15)20-14-8-6-13(19)7-9-14;1-2/h2-9H,10,19H2,1H3,(H,20,21,22,23);1-2H3. The van der Waals surface area contributed by atoms with E-state index in [9.17, 15) is 4.39 Å². The SMILES string of the molecule is CC.Cc1ccccc1Cc1nc(F)nc(Nc2ccc(N)cc2)n1. The monoisotopic (exact) mass is 339 g/mol. The van der Waals surface area contributed by atoms with Gasteiger partial charge in [0.25, 0.3) is 0 Å². The van der Waals surface area contributed by atoms with Gasteiger partial charge in [0.15, 0.2) is 0 Å². The maximum Gasteiger partial charge on any atom is 0.313 e. The van der Waals surface area contributed by atoms with E-state index in [4.69, 9.17) is 5.73 Å². The van der Waals surface area contributed by atoms with Crippen molar-refractivity contribution in [2.24, 2.45) is 0 Å². The molecular weight excluding hydrogens is 317 g/mol. The molecular formula is C19H22FN5. The number of benzene rings is 2. The van der Waals surface area contributed by atoms with E-state index in [1.165, 1.54) is 0 Å². The second-order valence-electron chi connectivity index (χ2n) is 5.19. The van der Waals surface area contributed by atoms with Gasteiger partial charge in [0.1, 0.15) is 5.82 Å². The van der Waals surface area contributed by atoms with Crippen LogP contribution in [0.5, 0.6) is 0 Å². The molecule has 0 spiro atoms. The Morgan fingerprint density at radius 1 is 0.960 bits per heavy atom. The van der Waals surface area contributed by atoms with E-state index in [1.54, 1.807) is 24.3 Å². The van der Waals surface area contributed by atoms with E-state index in [-0.39, 0.29) is 5.95 Å². The highest BCUT2D eigenvalue weighted by molar-refractivity contribution is 5.56. The Morgan fingerprint density at radius 3 is 2.32 bits per heavy atom. The minimum atomic E-state index is -0.804. The predicted molar refractivity (Wildman–Crippen MR) is 99.3 cm³/mol. The summed E-state index contributed by atoms with van der Waals surface area (Å²) in [5.74, 6) is 0.551. The van der Waals surface area contributed by atoms with Crippen LogP contribution in [0.2, 0.25) is 0 Å². The summed E-state index contributed by atoms with van der Waals surface area (Å²) in [7, 11) is 0. The van der Waals surface area contributed by atoms with Crippen LogP contribution >= 0.6 is 0 Å². The molecule has 0 saturated heterocycles. The number of nitrogens with two attached hydrogens (primary N) is 1. The minimum Gasteiger partial charge on any atom is -0.399 e. The van der Waals surface area contributed by atoms with Crippen LogP contribution in [0.15, 0.2) is 48.5 Å². The zero-order chi connectivity index (χ0) is 18.2. The van der Waals surface area contributed by atoms with Crippen LogP contribution in [-0.4, -0.2) is 15.0 Å². The molecule has 0 unspecified atom stereocenters. The maximum atomic E-state index is 13.7. The summed E-state index contributed by atoms with van der Waals surface area (Å²) in [5.41, 5.74) is 9.18. The first-order valence-electron chi connectivity index (χ1n) is 8.18. The fourth-order valence-corrected chi connectivity index (χ4v) is 2.20. The quantitative estimate of drug-likeness (QED) is 0.695. The summed E-state index contributed by atoms with van der Waals surface area (Å²) in [5, 5.41) is 2.95. The number of hydrogen-bond acceptors (Lipinski definition) is 5. The normalized spacial score (nSPS) is 9.92. The van der Waals surface area contributed by atoms with Gasteiger partial charge in [-0.2, -0.15) is 19.3 Å². The molecule has 3 aromatic rings. The number of aryl methyl sites for hydroxylation is 1. The van der Waals surface area contributed by atoms with Crippen molar-refractivity contribution in [3.8, 4) is 0 Å². The van der Waals surface area contributed by atoms with Crippen LogP contribution in [0.3, 0.4) is 0 Å². The number of hydrogen-bond donors (Lipinski definition) is 2. The number of nitrogens with one attached hydrogen (secondary N) is 1. The van der Waals surface area contributed by atoms with Gasteiger partial charge in [0.2, 0.25) is 5.95 Å². The van der Waals surface area contributed by atoms with Gasteiger partial charge >= 0.3 is 6.08 Å². The van der Waals surface area contributed by atoms with Crippen LogP contribution in [0, 0.1) is 13.0 Å². The van der Waals surface area contributed by atoms with E-state index in [0.717, 1.165) is 16.8 Å². The van der Waals surface area contributed by atoms with Gasteiger partial charge in [0.05, 0.1) is 0 Å². The molecule has 0 saturated carbocycles. The van der Waals surface area contributed by atoms with Crippen molar-refractivity contribution in [3.05, 3.63) is 71.6 Å². The molecule has 5 nitrogen and oxygen atoms in total. The highest BCUT2D eigenvalue weighted by atomic mass is 19.1. The molecule has 0 atom stereocenters. The molecule has 0 radical (unpaired) electrons. The Kier molecular flexibility index (Phi) is 6.39. The molecule has 0 fully saturated rings. The fourth-order valence-electron chi connectivity index (χ4n) is 2.20. The first-order chi connectivity index (χ1) is 12.1. The van der Waals surface area contributed by atoms with Crippen LogP contribution in [-0.2, 0) is 6.42 Å². The zero-order valence-corrected chi connectivity index (χ0v) is 14.6. The number of halogens is 1. The molecule has 0 amide bonds. The van der Waals surface area contributed by atoms with Crippen molar-refractivity contribution < 1.29 is 4.39 Å². The van der Waals surface area contributed by atoms with Crippen molar-refractivity contribution in [1.29, 1.82) is 0 Å². The van der Waals surface area contributed by atoms with Gasteiger partial charge in [-0.25, -0.2) is 0 Å². The Morgan fingerprint density at radius 2 is 1.64 bits per heavy atom. The third-order valence-corrected chi connectivity index (χ3v) is 3.43. The Hall–Kier alpha value is -3.02. The van der Waals surface area contributed by atoms with E-state index in [0.29, 0.717) is 17.9 Å². The lowest BCUT2D eigenvalue weighted by molar-refractivity contribution is 0.527. The van der Waals surface area contributed by atoms with E-state index in [1.807, 2.05) is 45.0 Å². The largest absolute Gasteiger partial charge is 0.399 e. The van der Waals surface area contributed by atoms with Crippen LogP contribution < -0.4 is 11.1 Å². The summed E-state index contributed by atoms with van der Waals surface area (Å²) in [4.78, 5) is 11.7. The minimum absolute atomic E-state index is 0.172. The highest BCUT2D eigenvalue weighted by Gasteiger charge is 2.08. The van der Waals surface area contributed by atoms with Crippen molar-refractivity contribution in [3.63, 3.8) is 0 Å². The smallest absolute Gasteiger partial charge is 0.313 e. The topological polar surface area (TPSA) is 76.7 Å². The Labute approximate surface area is 147 Å². The molecule has 2 aromatic carbocycles. The highest BCUT2D eigenvalue weighted by Crippen LogP contribution is 2.16. The molecule has 3 rings (SSSR count). The van der Waals surface area contributed by atoms with Crippen LogP contribution in [0.25, 0.3) is 0 Å². The molecule has 0 bridgehead atoms. The predicted octanol–water partition coefficient (Wildman–Crippen LogP) is 4.26. The summed E-state index contributed by atoms with van der Waals surface area (Å²) in [6.45, 7) is 6.00. The molecule has 1 heterocycles. The van der Waals surface area contributed by atoms with Crippen molar-refractivity contribution in [2.75, 3.05) is 11.1 Å². The van der Waals surface area contributed by atoms with Gasteiger partial charge in [0, 0.05) is 17.8 Å². The van der Waals surface area contributed by atoms with E-state index >= 15 is 0 Å². The molecule has 1 aromatic heterocycles. The first kappa shape index (κ1) is 18.3. The second kappa shape index (κ2) is 8.73. The third kappa shape index (κ3) is 5.24. The van der Waals surface area contributed by atoms with Gasteiger partial charge in [-0.1, -0.05) is 38.1 Å². The average molecular weight is 339 g/mol.